The zero-order valence-electron chi connectivity index (χ0n) is 13.9. The van der Waals surface area contributed by atoms with Crippen molar-refractivity contribution in [1.82, 2.24) is 15.1 Å². The Bertz CT molecular complexity index is 690. The van der Waals surface area contributed by atoms with Gasteiger partial charge in [-0.3, -0.25) is 5.32 Å². The van der Waals surface area contributed by atoms with E-state index in [2.05, 4.69) is 15.7 Å². The van der Waals surface area contributed by atoms with E-state index in [1.54, 1.807) is 16.9 Å². The van der Waals surface area contributed by atoms with Crippen molar-refractivity contribution in [3.05, 3.63) is 42.1 Å². The number of nitrogens with zero attached hydrogens (tertiary/aromatic N) is 2. The van der Waals surface area contributed by atoms with Crippen molar-refractivity contribution in [3.8, 4) is 5.69 Å². The van der Waals surface area contributed by atoms with Gasteiger partial charge in [0.1, 0.15) is 5.82 Å². The number of urea groups is 1. The summed E-state index contributed by atoms with van der Waals surface area (Å²) in [5.41, 5.74) is 2.04. The van der Waals surface area contributed by atoms with Gasteiger partial charge < -0.3 is 10.4 Å². The van der Waals surface area contributed by atoms with E-state index in [1.165, 1.54) is 0 Å². The largest absolute Gasteiger partial charge is 0.396 e. The first kappa shape index (κ1) is 16.5. The number of hydrogen-bond acceptors (Lipinski definition) is 3. The molecule has 6 nitrogen and oxygen atoms in total. The number of nitrogens with one attached hydrogen (secondary N) is 2. The molecule has 1 fully saturated rings. The third kappa shape index (κ3) is 3.76. The van der Waals surface area contributed by atoms with Gasteiger partial charge in [0.05, 0.1) is 11.9 Å². The Morgan fingerprint density at radius 3 is 2.71 bits per heavy atom. The lowest BCUT2D eigenvalue weighted by molar-refractivity contribution is 0.176. The quantitative estimate of drug-likeness (QED) is 0.807. The van der Waals surface area contributed by atoms with Crippen molar-refractivity contribution < 1.29 is 9.90 Å². The third-order valence-corrected chi connectivity index (χ3v) is 4.67. The summed E-state index contributed by atoms with van der Waals surface area (Å²) in [6.07, 6.45) is 5.42. The van der Waals surface area contributed by atoms with Crippen LogP contribution in [-0.4, -0.2) is 33.6 Å². The van der Waals surface area contributed by atoms with Crippen molar-refractivity contribution in [2.45, 2.75) is 38.6 Å². The number of hydrogen-bond donors (Lipinski definition) is 3. The maximum Gasteiger partial charge on any atom is 0.320 e. The van der Waals surface area contributed by atoms with Crippen LogP contribution in [0, 0.1) is 12.8 Å². The number of benzene rings is 1. The van der Waals surface area contributed by atoms with Gasteiger partial charge in [0, 0.05) is 18.7 Å². The first-order chi connectivity index (χ1) is 11.7. The number of amides is 2. The minimum absolute atomic E-state index is 0.169. The van der Waals surface area contributed by atoms with E-state index >= 15 is 0 Å². The summed E-state index contributed by atoms with van der Waals surface area (Å²) in [4.78, 5) is 12.3. The van der Waals surface area contributed by atoms with Gasteiger partial charge in [-0.25, -0.2) is 9.48 Å². The van der Waals surface area contributed by atoms with Crippen LogP contribution in [0.2, 0.25) is 0 Å². The Kier molecular flexibility index (Phi) is 5.15. The molecule has 6 heteroatoms. The van der Waals surface area contributed by atoms with E-state index in [0.717, 1.165) is 36.9 Å². The van der Waals surface area contributed by atoms with Gasteiger partial charge in [-0.15, -0.1) is 0 Å². The zero-order chi connectivity index (χ0) is 16.9. The van der Waals surface area contributed by atoms with Gasteiger partial charge >= 0.3 is 6.03 Å². The highest BCUT2D eigenvalue weighted by Crippen LogP contribution is 2.24. The average molecular weight is 328 g/mol. The molecule has 0 unspecified atom stereocenters. The van der Waals surface area contributed by atoms with Gasteiger partial charge in [-0.1, -0.05) is 18.2 Å². The Labute approximate surface area is 141 Å². The van der Waals surface area contributed by atoms with Gasteiger partial charge in [0.25, 0.3) is 0 Å². The molecule has 2 aromatic rings. The minimum atomic E-state index is -0.210. The molecule has 1 aromatic carbocycles. The number of carbonyl (C=O) groups excluding carboxylic acids is 1. The molecule has 1 aromatic heterocycles. The lowest BCUT2D eigenvalue weighted by Crippen LogP contribution is -2.40. The van der Waals surface area contributed by atoms with Crippen molar-refractivity contribution >= 4 is 11.8 Å². The summed E-state index contributed by atoms with van der Waals surface area (Å²) in [7, 11) is 0. The molecule has 3 N–H and O–H groups in total. The van der Waals surface area contributed by atoms with Crippen LogP contribution in [0.25, 0.3) is 5.69 Å². The Morgan fingerprint density at radius 1 is 1.25 bits per heavy atom. The maximum atomic E-state index is 12.3. The number of para-hydroxylation sites is 1. The molecule has 0 saturated heterocycles. The fraction of sp³-hybridized carbons (Fsp3) is 0.444. The molecule has 2 amide bonds. The first-order valence-electron chi connectivity index (χ1n) is 8.46. The lowest BCUT2D eigenvalue weighted by atomic mass is 9.87. The second-order valence-corrected chi connectivity index (χ2v) is 6.41. The number of carbonyl (C=O) groups is 1. The minimum Gasteiger partial charge on any atom is -0.396 e. The van der Waals surface area contributed by atoms with Crippen LogP contribution in [0.1, 0.15) is 31.2 Å². The molecule has 24 heavy (non-hydrogen) atoms. The molecule has 128 valence electrons. The molecule has 1 saturated carbocycles. The fourth-order valence-corrected chi connectivity index (χ4v) is 3.22. The lowest BCUT2D eigenvalue weighted by Gasteiger charge is -2.27. The predicted octanol–water partition coefficient (Wildman–Crippen LogP) is 2.85. The maximum absolute atomic E-state index is 12.3. The van der Waals surface area contributed by atoms with Crippen LogP contribution < -0.4 is 10.6 Å². The van der Waals surface area contributed by atoms with Crippen LogP contribution in [0.15, 0.2) is 36.5 Å². The standard InChI is InChI=1S/C18H24N4O2/c1-13-4-2-3-5-16(13)22-17(10-11-19-22)21-18(24)20-15-8-6-14(12-23)7-9-15/h2-5,10-11,14-15,23H,6-9,12H2,1H3,(H2,20,21,24). The van der Waals surface area contributed by atoms with Gasteiger partial charge in [0.2, 0.25) is 0 Å². The molecular formula is C18H24N4O2. The predicted molar refractivity (Wildman–Crippen MR) is 93.3 cm³/mol. The number of aromatic nitrogens is 2. The Morgan fingerprint density at radius 2 is 2.00 bits per heavy atom. The topological polar surface area (TPSA) is 79.2 Å². The number of aliphatic hydroxyl groups is 1. The fourth-order valence-electron chi connectivity index (χ4n) is 3.22. The highest BCUT2D eigenvalue weighted by atomic mass is 16.3. The summed E-state index contributed by atoms with van der Waals surface area (Å²) < 4.78 is 1.73. The summed E-state index contributed by atoms with van der Waals surface area (Å²) >= 11 is 0. The van der Waals surface area contributed by atoms with E-state index in [0.29, 0.717) is 11.7 Å². The van der Waals surface area contributed by atoms with Gasteiger partial charge in [-0.2, -0.15) is 5.10 Å². The molecule has 1 aliphatic carbocycles. The Hall–Kier alpha value is -2.34. The molecule has 3 rings (SSSR count). The summed E-state index contributed by atoms with van der Waals surface area (Å²) in [5, 5.41) is 19.4. The first-order valence-corrected chi connectivity index (χ1v) is 8.46. The van der Waals surface area contributed by atoms with Crippen LogP contribution in [0.4, 0.5) is 10.6 Å². The van der Waals surface area contributed by atoms with Crippen LogP contribution in [-0.2, 0) is 0 Å². The number of aryl methyl sites for hydroxylation is 1. The molecule has 0 aliphatic heterocycles. The second-order valence-electron chi connectivity index (χ2n) is 6.41. The highest BCUT2D eigenvalue weighted by molar-refractivity contribution is 5.88. The van der Waals surface area contributed by atoms with Crippen LogP contribution in [0.3, 0.4) is 0 Å². The molecule has 0 spiro atoms. The van der Waals surface area contributed by atoms with Gasteiger partial charge in [-0.05, 0) is 50.2 Å². The highest BCUT2D eigenvalue weighted by Gasteiger charge is 2.22. The monoisotopic (exact) mass is 328 g/mol. The molecule has 1 aliphatic rings. The van der Waals surface area contributed by atoms with E-state index in [-0.39, 0.29) is 18.7 Å². The van der Waals surface area contributed by atoms with Crippen molar-refractivity contribution in [3.63, 3.8) is 0 Å². The summed E-state index contributed by atoms with van der Waals surface area (Å²) in [5.74, 6) is 1.03. The van der Waals surface area contributed by atoms with E-state index in [9.17, 15) is 9.90 Å². The molecule has 0 bridgehead atoms. The molecule has 0 radical (unpaired) electrons. The molecule has 1 heterocycles. The summed E-state index contributed by atoms with van der Waals surface area (Å²) in [6.45, 7) is 2.26. The number of anilines is 1. The van der Waals surface area contributed by atoms with E-state index in [1.807, 2.05) is 31.2 Å². The zero-order valence-corrected chi connectivity index (χ0v) is 13.9. The normalized spacial score (nSPS) is 20.6. The van der Waals surface area contributed by atoms with Gasteiger partial charge in [0.15, 0.2) is 0 Å². The number of rotatable bonds is 4. The van der Waals surface area contributed by atoms with Crippen LogP contribution >= 0.6 is 0 Å². The number of aliphatic hydroxyl groups excluding tert-OH is 1. The van der Waals surface area contributed by atoms with Crippen LogP contribution in [0.5, 0.6) is 0 Å². The molecule has 0 atom stereocenters. The van der Waals surface area contributed by atoms with Crippen molar-refractivity contribution in [1.29, 1.82) is 0 Å². The average Bonchev–Trinajstić information content (AvgIpc) is 3.03. The van der Waals surface area contributed by atoms with Crippen molar-refractivity contribution in [2.24, 2.45) is 5.92 Å². The Balaban J connectivity index is 1.62. The molecular weight excluding hydrogens is 304 g/mol. The smallest absolute Gasteiger partial charge is 0.320 e. The van der Waals surface area contributed by atoms with E-state index < -0.39 is 0 Å². The van der Waals surface area contributed by atoms with E-state index in [4.69, 9.17) is 0 Å². The second kappa shape index (κ2) is 7.49. The SMILES string of the molecule is Cc1ccccc1-n1nccc1NC(=O)NC1CCC(CO)CC1. The third-order valence-electron chi connectivity index (χ3n) is 4.67. The summed E-state index contributed by atoms with van der Waals surface area (Å²) in [6, 6.07) is 9.66. The van der Waals surface area contributed by atoms with Crippen molar-refractivity contribution in [2.75, 3.05) is 11.9 Å².